The highest BCUT2D eigenvalue weighted by Crippen LogP contribution is 2.17. The molecule has 1 aliphatic heterocycles. The molecule has 1 aliphatic carbocycles. The Morgan fingerprint density at radius 2 is 1.82 bits per heavy atom. The normalized spacial score (nSPS) is 22.6. The van der Waals surface area contributed by atoms with Gasteiger partial charge in [0.1, 0.15) is 0 Å². The second-order valence-corrected chi connectivity index (χ2v) is 4.69. The molecule has 0 bridgehead atoms. The van der Waals surface area contributed by atoms with Crippen LogP contribution in [0.4, 0.5) is 4.79 Å². The average molecular weight is 242 g/mol. The number of carbonyl (C=O) groups is 1. The largest absolute Gasteiger partial charge is 0.350 e. The highest BCUT2D eigenvalue weighted by molar-refractivity contribution is 5.74. The van der Waals surface area contributed by atoms with Crippen LogP contribution in [0.3, 0.4) is 0 Å². The zero-order chi connectivity index (χ0) is 11.9. The summed E-state index contributed by atoms with van der Waals surface area (Å²) in [4.78, 5) is 11.6. The van der Waals surface area contributed by atoms with Gasteiger partial charge >= 0.3 is 6.03 Å². The molecule has 17 heavy (non-hydrogen) atoms. The van der Waals surface area contributed by atoms with E-state index in [9.17, 15) is 4.79 Å². The van der Waals surface area contributed by atoms with Gasteiger partial charge in [-0.15, -0.1) is 0 Å². The van der Waals surface area contributed by atoms with Gasteiger partial charge in [-0.3, -0.25) is 0 Å². The van der Waals surface area contributed by atoms with E-state index in [1.165, 1.54) is 19.3 Å². The Kier molecular flexibility index (Phi) is 5.07. The van der Waals surface area contributed by atoms with E-state index in [1.54, 1.807) is 0 Å². The molecular formula is C12H22N2O3. The van der Waals surface area contributed by atoms with Gasteiger partial charge in [-0.2, -0.15) is 0 Å². The number of rotatable bonds is 4. The molecule has 98 valence electrons. The van der Waals surface area contributed by atoms with E-state index >= 15 is 0 Å². The maximum Gasteiger partial charge on any atom is 0.315 e. The fourth-order valence-electron chi connectivity index (χ4n) is 2.36. The van der Waals surface area contributed by atoms with Gasteiger partial charge < -0.3 is 20.1 Å². The lowest BCUT2D eigenvalue weighted by Gasteiger charge is -2.23. The maximum absolute atomic E-state index is 11.6. The summed E-state index contributed by atoms with van der Waals surface area (Å²) in [6.45, 7) is 1.93. The van der Waals surface area contributed by atoms with Crippen LogP contribution >= 0.6 is 0 Å². The number of amides is 2. The summed E-state index contributed by atoms with van der Waals surface area (Å²) in [7, 11) is 0. The van der Waals surface area contributed by atoms with E-state index in [0.29, 0.717) is 25.8 Å². The van der Waals surface area contributed by atoms with Crippen molar-refractivity contribution in [1.82, 2.24) is 10.6 Å². The van der Waals surface area contributed by atoms with Crippen LogP contribution in [0.25, 0.3) is 0 Å². The number of hydrogen-bond acceptors (Lipinski definition) is 3. The molecule has 2 aliphatic rings. The predicted molar refractivity (Wildman–Crippen MR) is 63.7 cm³/mol. The molecule has 1 heterocycles. The van der Waals surface area contributed by atoms with Crippen LogP contribution in [0.5, 0.6) is 0 Å². The Balaban J connectivity index is 1.53. The molecule has 1 saturated heterocycles. The van der Waals surface area contributed by atoms with E-state index < -0.39 is 0 Å². The third-order valence-corrected chi connectivity index (χ3v) is 3.30. The van der Waals surface area contributed by atoms with Gasteiger partial charge in [0.05, 0.1) is 13.2 Å². The Morgan fingerprint density at radius 3 is 2.53 bits per heavy atom. The summed E-state index contributed by atoms with van der Waals surface area (Å²) in [5, 5.41) is 5.86. The van der Waals surface area contributed by atoms with Crippen LogP contribution in [0.2, 0.25) is 0 Å². The Morgan fingerprint density at radius 1 is 1.12 bits per heavy atom. The second kappa shape index (κ2) is 6.81. The first-order chi connectivity index (χ1) is 8.34. The predicted octanol–water partition coefficient (Wildman–Crippen LogP) is 1.38. The monoisotopic (exact) mass is 242 g/mol. The van der Waals surface area contributed by atoms with Crippen molar-refractivity contribution < 1.29 is 14.3 Å². The number of urea groups is 1. The summed E-state index contributed by atoms with van der Waals surface area (Å²) < 4.78 is 10.6. The number of ether oxygens (including phenoxy) is 2. The Labute approximate surface area is 102 Å². The van der Waals surface area contributed by atoms with Crippen LogP contribution in [0.15, 0.2) is 0 Å². The van der Waals surface area contributed by atoms with Crippen LogP contribution < -0.4 is 10.6 Å². The van der Waals surface area contributed by atoms with Crippen molar-refractivity contribution in [2.24, 2.45) is 0 Å². The highest BCUT2D eigenvalue weighted by atomic mass is 16.7. The van der Waals surface area contributed by atoms with Crippen LogP contribution in [-0.4, -0.2) is 38.1 Å². The van der Waals surface area contributed by atoms with Gasteiger partial charge in [-0.25, -0.2) is 4.79 Å². The first-order valence-corrected chi connectivity index (χ1v) is 6.62. The molecule has 0 aromatic rings. The number of carbonyl (C=O) groups excluding carboxylic acids is 1. The lowest BCUT2D eigenvalue weighted by atomic mass is 9.96. The molecule has 0 aromatic carbocycles. The smallest absolute Gasteiger partial charge is 0.315 e. The third kappa shape index (κ3) is 4.52. The molecule has 1 saturated carbocycles. The number of hydrogen-bond donors (Lipinski definition) is 2. The summed E-state index contributed by atoms with van der Waals surface area (Å²) in [6, 6.07) is 0.303. The molecule has 5 nitrogen and oxygen atoms in total. The minimum Gasteiger partial charge on any atom is -0.350 e. The Bertz CT molecular complexity index is 236. The fraction of sp³-hybridized carbons (Fsp3) is 0.917. The standard InChI is InChI=1S/C12H22N2O3/c15-12(14-10-4-2-1-3-5-10)13-7-6-11-16-8-9-17-11/h10-11H,1-9H2,(H2,13,14,15). The van der Waals surface area contributed by atoms with Crippen LogP contribution in [0.1, 0.15) is 38.5 Å². The topological polar surface area (TPSA) is 59.6 Å². The van der Waals surface area contributed by atoms with Crippen molar-refractivity contribution in [3.63, 3.8) is 0 Å². The summed E-state index contributed by atoms with van der Waals surface area (Å²) in [5.41, 5.74) is 0. The van der Waals surface area contributed by atoms with Gasteiger partial charge in [-0.1, -0.05) is 19.3 Å². The molecule has 2 amide bonds. The number of nitrogens with one attached hydrogen (secondary N) is 2. The van der Waals surface area contributed by atoms with Crippen molar-refractivity contribution in [2.75, 3.05) is 19.8 Å². The van der Waals surface area contributed by atoms with Crippen LogP contribution in [-0.2, 0) is 9.47 Å². The van der Waals surface area contributed by atoms with Crippen molar-refractivity contribution in [3.05, 3.63) is 0 Å². The van der Waals surface area contributed by atoms with Gasteiger partial charge in [0.15, 0.2) is 6.29 Å². The van der Waals surface area contributed by atoms with E-state index in [0.717, 1.165) is 19.3 Å². The molecule has 5 heteroatoms. The zero-order valence-corrected chi connectivity index (χ0v) is 10.2. The van der Waals surface area contributed by atoms with Crippen molar-refractivity contribution >= 4 is 6.03 Å². The van der Waals surface area contributed by atoms with E-state index in [-0.39, 0.29) is 12.3 Å². The Hall–Kier alpha value is -0.810. The van der Waals surface area contributed by atoms with Crippen molar-refractivity contribution in [1.29, 1.82) is 0 Å². The lowest BCUT2D eigenvalue weighted by Crippen LogP contribution is -2.43. The first-order valence-electron chi connectivity index (χ1n) is 6.62. The van der Waals surface area contributed by atoms with Crippen LogP contribution in [0, 0.1) is 0 Å². The van der Waals surface area contributed by atoms with Gasteiger partial charge in [0, 0.05) is 19.0 Å². The third-order valence-electron chi connectivity index (χ3n) is 3.30. The molecule has 0 atom stereocenters. The van der Waals surface area contributed by atoms with Crippen molar-refractivity contribution in [2.45, 2.75) is 50.9 Å². The molecular weight excluding hydrogens is 220 g/mol. The molecule has 0 unspecified atom stereocenters. The van der Waals surface area contributed by atoms with E-state index in [4.69, 9.17) is 9.47 Å². The fourth-order valence-corrected chi connectivity index (χ4v) is 2.36. The summed E-state index contributed by atoms with van der Waals surface area (Å²) >= 11 is 0. The van der Waals surface area contributed by atoms with Gasteiger partial charge in [0.25, 0.3) is 0 Å². The van der Waals surface area contributed by atoms with E-state index in [1.807, 2.05) is 0 Å². The van der Waals surface area contributed by atoms with Gasteiger partial charge in [-0.05, 0) is 12.8 Å². The summed E-state index contributed by atoms with van der Waals surface area (Å²) in [6.07, 6.45) is 6.58. The average Bonchev–Trinajstić information content (AvgIpc) is 2.83. The zero-order valence-electron chi connectivity index (χ0n) is 10.2. The lowest BCUT2D eigenvalue weighted by molar-refractivity contribution is -0.0454. The molecule has 0 aromatic heterocycles. The molecule has 0 spiro atoms. The van der Waals surface area contributed by atoms with Crippen molar-refractivity contribution in [3.8, 4) is 0 Å². The molecule has 2 N–H and O–H groups in total. The minimum atomic E-state index is -0.134. The molecule has 0 radical (unpaired) electrons. The second-order valence-electron chi connectivity index (χ2n) is 4.69. The van der Waals surface area contributed by atoms with Gasteiger partial charge in [0.2, 0.25) is 0 Å². The quantitative estimate of drug-likeness (QED) is 0.783. The SMILES string of the molecule is O=C(NCCC1OCCO1)NC1CCCCC1. The van der Waals surface area contributed by atoms with E-state index in [2.05, 4.69) is 10.6 Å². The molecule has 2 fully saturated rings. The maximum atomic E-state index is 11.6. The minimum absolute atomic E-state index is 0.0603. The molecule has 2 rings (SSSR count). The first kappa shape index (κ1) is 12.6. The summed E-state index contributed by atoms with van der Waals surface area (Å²) in [5.74, 6) is 0. The highest BCUT2D eigenvalue weighted by Gasteiger charge is 2.17.